The van der Waals surface area contributed by atoms with E-state index in [0.717, 1.165) is 36.5 Å². The van der Waals surface area contributed by atoms with Crippen LogP contribution in [0, 0.1) is 0 Å². The molecular formula is C20H25NO3. The van der Waals surface area contributed by atoms with E-state index in [1.165, 1.54) is 0 Å². The molecule has 2 aromatic rings. The average molecular weight is 327 g/mol. The van der Waals surface area contributed by atoms with Gasteiger partial charge in [-0.25, -0.2) is 0 Å². The molecule has 0 unspecified atom stereocenters. The van der Waals surface area contributed by atoms with Gasteiger partial charge in [-0.1, -0.05) is 43.2 Å². The highest BCUT2D eigenvalue weighted by molar-refractivity contribution is 5.84. The summed E-state index contributed by atoms with van der Waals surface area (Å²) >= 11 is 0. The number of carbonyl (C=O) groups is 1. The zero-order chi connectivity index (χ0) is 17.1. The number of ether oxygens (including phenoxy) is 1. The van der Waals surface area contributed by atoms with Crippen LogP contribution >= 0.6 is 0 Å². The number of benzene rings is 2. The first-order valence-electron chi connectivity index (χ1n) is 8.66. The second-order valence-corrected chi connectivity index (χ2v) is 6.64. The molecule has 1 aliphatic rings. The van der Waals surface area contributed by atoms with Crippen molar-refractivity contribution < 1.29 is 14.6 Å². The summed E-state index contributed by atoms with van der Waals surface area (Å²) in [6.07, 6.45) is 2.70. The molecule has 1 amide bonds. The SMILES string of the molecule is C[C@H](Oc1ccc2ccccc2c1)C(=O)N(C)[C@@H]1CCCC[C@H]1O. The first kappa shape index (κ1) is 16.8. The van der Waals surface area contributed by atoms with E-state index in [1.54, 1.807) is 18.9 Å². The quantitative estimate of drug-likeness (QED) is 0.937. The van der Waals surface area contributed by atoms with Gasteiger partial charge in [-0.05, 0) is 42.7 Å². The van der Waals surface area contributed by atoms with Crippen LogP contribution in [-0.2, 0) is 4.79 Å². The molecule has 3 rings (SSSR count). The van der Waals surface area contributed by atoms with Crippen LogP contribution in [0.1, 0.15) is 32.6 Å². The van der Waals surface area contributed by atoms with E-state index in [0.29, 0.717) is 5.75 Å². The van der Waals surface area contributed by atoms with Gasteiger partial charge in [0.25, 0.3) is 5.91 Å². The summed E-state index contributed by atoms with van der Waals surface area (Å²) in [7, 11) is 1.77. The van der Waals surface area contributed by atoms with E-state index in [9.17, 15) is 9.90 Å². The number of carbonyl (C=O) groups excluding carboxylic acids is 1. The van der Waals surface area contributed by atoms with Crippen LogP contribution in [0.2, 0.25) is 0 Å². The maximum absolute atomic E-state index is 12.6. The zero-order valence-electron chi connectivity index (χ0n) is 14.3. The summed E-state index contributed by atoms with van der Waals surface area (Å²) in [6, 6.07) is 13.8. The molecule has 0 spiro atoms. The fourth-order valence-electron chi connectivity index (χ4n) is 3.49. The minimum absolute atomic E-state index is 0.0888. The Bertz CT molecular complexity index is 715. The Labute approximate surface area is 143 Å². The van der Waals surface area contributed by atoms with Gasteiger partial charge in [0.1, 0.15) is 5.75 Å². The highest BCUT2D eigenvalue weighted by atomic mass is 16.5. The van der Waals surface area contributed by atoms with Crippen LogP contribution in [-0.4, -0.2) is 41.2 Å². The standard InChI is InChI=1S/C20H25NO3/c1-14(20(23)21(2)18-9-5-6-10-19(18)22)24-17-12-11-15-7-3-4-8-16(15)13-17/h3-4,7-8,11-14,18-19,22H,5-6,9-10H2,1-2H3/t14-,18+,19+/m0/s1. The van der Waals surface area contributed by atoms with Crippen LogP contribution < -0.4 is 4.74 Å². The summed E-state index contributed by atoms with van der Waals surface area (Å²) in [5.41, 5.74) is 0. The van der Waals surface area contributed by atoms with Crippen molar-refractivity contribution >= 4 is 16.7 Å². The highest BCUT2D eigenvalue weighted by Gasteiger charge is 2.31. The minimum atomic E-state index is -0.578. The number of aliphatic hydroxyl groups is 1. The summed E-state index contributed by atoms with van der Waals surface area (Å²) in [5, 5.41) is 12.4. The van der Waals surface area contributed by atoms with Crippen LogP contribution in [0.5, 0.6) is 5.75 Å². The molecular weight excluding hydrogens is 302 g/mol. The van der Waals surface area contributed by atoms with Crippen molar-refractivity contribution in [3.63, 3.8) is 0 Å². The van der Waals surface area contributed by atoms with Crippen LogP contribution in [0.15, 0.2) is 42.5 Å². The van der Waals surface area contributed by atoms with E-state index >= 15 is 0 Å². The number of hydrogen-bond acceptors (Lipinski definition) is 3. The maximum atomic E-state index is 12.6. The van der Waals surface area contributed by atoms with Crippen LogP contribution in [0.3, 0.4) is 0 Å². The maximum Gasteiger partial charge on any atom is 0.263 e. The summed E-state index contributed by atoms with van der Waals surface area (Å²) < 4.78 is 5.86. The van der Waals surface area contributed by atoms with Crippen molar-refractivity contribution in [1.29, 1.82) is 0 Å². The molecule has 1 saturated carbocycles. The normalized spacial score (nSPS) is 22.1. The molecule has 1 aliphatic carbocycles. The van der Waals surface area contributed by atoms with Crippen molar-refractivity contribution in [2.45, 2.75) is 50.9 Å². The smallest absolute Gasteiger partial charge is 0.263 e. The predicted molar refractivity (Wildman–Crippen MR) is 95.1 cm³/mol. The number of fused-ring (bicyclic) bond motifs is 1. The van der Waals surface area contributed by atoms with Gasteiger partial charge in [-0.3, -0.25) is 4.79 Å². The monoisotopic (exact) mass is 327 g/mol. The third-order valence-electron chi connectivity index (χ3n) is 4.92. The lowest BCUT2D eigenvalue weighted by Crippen LogP contribution is -2.50. The first-order chi connectivity index (χ1) is 11.6. The predicted octanol–water partition coefficient (Wildman–Crippen LogP) is 3.37. The van der Waals surface area contributed by atoms with Gasteiger partial charge < -0.3 is 14.7 Å². The number of hydrogen-bond donors (Lipinski definition) is 1. The van der Waals surface area contributed by atoms with Gasteiger partial charge in [-0.2, -0.15) is 0 Å². The Hall–Kier alpha value is -2.07. The topological polar surface area (TPSA) is 49.8 Å². The second kappa shape index (κ2) is 7.22. The van der Waals surface area contributed by atoms with Gasteiger partial charge in [0.15, 0.2) is 6.10 Å². The lowest BCUT2D eigenvalue weighted by atomic mass is 9.91. The molecule has 0 aliphatic heterocycles. The lowest BCUT2D eigenvalue weighted by molar-refractivity contribution is -0.142. The van der Waals surface area contributed by atoms with Gasteiger partial charge in [-0.15, -0.1) is 0 Å². The Balaban J connectivity index is 1.68. The van der Waals surface area contributed by atoms with Crippen LogP contribution in [0.4, 0.5) is 0 Å². The molecule has 4 nitrogen and oxygen atoms in total. The molecule has 2 aromatic carbocycles. The molecule has 24 heavy (non-hydrogen) atoms. The number of amides is 1. The molecule has 0 bridgehead atoms. The fourth-order valence-corrected chi connectivity index (χ4v) is 3.49. The van der Waals surface area contributed by atoms with E-state index in [-0.39, 0.29) is 11.9 Å². The Morgan fingerprint density at radius 3 is 2.62 bits per heavy atom. The van der Waals surface area contributed by atoms with Crippen molar-refractivity contribution in [3.8, 4) is 5.75 Å². The number of likely N-dealkylation sites (N-methyl/N-ethyl adjacent to an activating group) is 1. The van der Waals surface area contributed by atoms with Gasteiger partial charge in [0.05, 0.1) is 12.1 Å². The van der Waals surface area contributed by atoms with E-state index in [1.807, 2.05) is 42.5 Å². The summed E-state index contributed by atoms with van der Waals surface area (Å²) in [5.74, 6) is 0.598. The number of nitrogens with zero attached hydrogens (tertiary/aromatic N) is 1. The molecule has 1 fully saturated rings. The summed E-state index contributed by atoms with van der Waals surface area (Å²) in [4.78, 5) is 14.3. The third kappa shape index (κ3) is 3.54. The lowest BCUT2D eigenvalue weighted by Gasteiger charge is -2.36. The molecule has 0 aromatic heterocycles. The molecule has 0 radical (unpaired) electrons. The first-order valence-corrected chi connectivity index (χ1v) is 8.66. The van der Waals surface area contributed by atoms with Gasteiger partial charge >= 0.3 is 0 Å². The Morgan fingerprint density at radius 2 is 1.88 bits per heavy atom. The van der Waals surface area contributed by atoms with Crippen molar-refractivity contribution in [3.05, 3.63) is 42.5 Å². The molecule has 0 saturated heterocycles. The van der Waals surface area contributed by atoms with E-state index in [4.69, 9.17) is 4.74 Å². The molecule has 128 valence electrons. The van der Waals surface area contributed by atoms with Crippen molar-refractivity contribution in [2.75, 3.05) is 7.05 Å². The fraction of sp³-hybridized carbons (Fsp3) is 0.450. The van der Waals surface area contributed by atoms with Crippen molar-refractivity contribution in [2.24, 2.45) is 0 Å². The van der Waals surface area contributed by atoms with Gasteiger partial charge in [0.2, 0.25) is 0 Å². The van der Waals surface area contributed by atoms with Crippen LogP contribution in [0.25, 0.3) is 10.8 Å². The molecule has 1 N–H and O–H groups in total. The van der Waals surface area contributed by atoms with E-state index < -0.39 is 12.2 Å². The zero-order valence-corrected chi connectivity index (χ0v) is 14.3. The minimum Gasteiger partial charge on any atom is -0.481 e. The number of rotatable bonds is 4. The molecule has 0 heterocycles. The third-order valence-corrected chi connectivity index (χ3v) is 4.92. The Kier molecular flexibility index (Phi) is 5.05. The summed E-state index contributed by atoms with van der Waals surface area (Å²) in [6.45, 7) is 1.77. The Morgan fingerprint density at radius 1 is 1.17 bits per heavy atom. The largest absolute Gasteiger partial charge is 0.481 e. The van der Waals surface area contributed by atoms with E-state index in [2.05, 4.69) is 0 Å². The average Bonchev–Trinajstić information content (AvgIpc) is 2.60. The molecule has 3 atom stereocenters. The van der Waals surface area contributed by atoms with Crippen molar-refractivity contribution in [1.82, 2.24) is 4.90 Å². The van der Waals surface area contributed by atoms with Gasteiger partial charge in [0, 0.05) is 7.05 Å². The highest BCUT2D eigenvalue weighted by Crippen LogP contribution is 2.25. The second-order valence-electron chi connectivity index (χ2n) is 6.64. The molecule has 4 heteroatoms. The number of aliphatic hydroxyl groups excluding tert-OH is 1.